The number of carbonyl (C=O) groups excluding carboxylic acids is 2. The van der Waals surface area contributed by atoms with Gasteiger partial charge in [-0.05, 0) is 56.2 Å². The Balaban J connectivity index is 1.37. The summed E-state index contributed by atoms with van der Waals surface area (Å²) in [6, 6.07) is 8.12. The summed E-state index contributed by atoms with van der Waals surface area (Å²) in [5, 5.41) is 6.07. The second-order valence-electron chi connectivity index (χ2n) is 7.99. The number of hydrogen-bond acceptors (Lipinski definition) is 4. The molecule has 1 heterocycles. The van der Waals surface area contributed by atoms with Crippen LogP contribution in [0.25, 0.3) is 0 Å². The third-order valence-electron chi connectivity index (χ3n) is 5.49. The first-order chi connectivity index (χ1) is 13.6. The Kier molecular flexibility index (Phi) is 7.86. The van der Waals surface area contributed by atoms with Gasteiger partial charge >= 0.3 is 0 Å². The SMILES string of the molecule is CCOCc1ccc(CNC(=O)CN2CCCC(C(=O)NCC3CC3)C2)cc1. The topological polar surface area (TPSA) is 70.7 Å². The maximum Gasteiger partial charge on any atom is 0.234 e. The van der Waals surface area contributed by atoms with Gasteiger partial charge in [0.05, 0.1) is 19.1 Å². The summed E-state index contributed by atoms with van der Waals surface area (Å²) >= 11 is 0. The van der Waals surface area contributed by atoms with Crippen LogP contribution in [0.3, 0.4) is 0 Å². The second kappa shape index (κ2) is 10.6. The first-order valence-electron chi connectivity index (χ1n) is 10.6. The molecule has 2 fully saturated rings. The minimum Gasteiger partial charge on any atom is -0.377 e. The fraction of sp³-hybridized carbons (Fsp3) is 0.636. The average Bonchev–Trinajstić information content (AvgIpc) is 3.54. The quantitative estimate of drug-likeness (QED) is 0.645. The van der Waals surface area contributed by atoms with Crippen LogP contribution in [-0.2, 0) is 27.5 Å². The fourth-order valence-electron chi connectivity index (χ4n) is 3.56. The van der Waals surface area contributed by atoms with Crippen molar-refractivity contribution in [2.75, 3.05) is 32.8 Å². The zero-order valence-electron chi connectivity index (χ0n) is 16.9. The van der Waals surface area contributed by atoms with E-state index >= 15 is 0 Å². The van der Waals surface area contributed by atoms with E-state index in [4.69, 9.17) is 4.74 Å². The molecule has 2 amide bonds. The van der Waals surface area contributed by atoms with Crippen molar-refractivity contribution in [3.63, 3.8) is 0 Å². The van der Waals surface area contributed by atoms with Crippen LogP contribution in [0.4, 0.5) is 0 Å². The molecule has 0 spiro atoms. The monoisotopic (exact) mass is 387 g/mol. The van der Waals surface area contributed by atoms with Gasteiger partial charge in [0.15, 0.2) is 0 Å². The summed E-state index contributed by atoms with van der Waals surface area (Å²) in [7, 11) is 0. The van der Waals surface area contributed by atoms with Crippen LogP contribution in [-0.4, -0.2) is 49.5 Å². The van der Waals surface area contributed by atoms with Crippen molar-refractivity contribution in [2.45, 2.75) is 45.8 Å². The molecular formula is C22H33N3O3. The first-order valence-corrected chi connectivity index (χ1v) is 10.6. The molecule has 2 aliphatic rings. The van der Waals surface area contributed by atoms with E-state index in [0.717, 1.165) is 37.1 Å². The number of hydrogen-bond donors (Lipinski definition) is 2. The molecular weight excluding hydrogens is 354 g/mol. The summed E-state index contributed by atoms with van der Waals surface area (Å²) < 4.78 is 5.39. The second-order valence-corrected chi connectivity index (χ2v) is 7.99. The number of nitrogens with one attached hydrogen (secondary N) is 2. The summed E-state index contributed by atoms with van der Waals surface area (Å²) in [5.74, 6) is 0.877. The van der Waals surface area contributed by atoms with Crippen LogP contribution < -0.4 is 10.6 Å². The minimum absolute atomic E-state index is 0.0115. The van der Waals surface area contributed by atoms with E-state index in [0.29, 0.717) is 38.8 Å². The standard InChI is InChI=1S/C22H33N3O3/c1-2-28-16-19-9-7-17(8-10-19)12-23-21(26)15-25-11-3-4-20(14-25)22(27)24-13-18-5-6-18/h7-10,18,20H,2-6,11-16H2,1H3,(H,23,26)(H,24,27). The molecule has 0 aromatic heterocycles. The summed E-state index contributed by atoms with van der Waals surface area (Å²) in [6.45, 7) is 6.56. The Morgan fingerprint density at radius 2 is 1.86 bits per heavy atom. The number of piperidine rings is 1. The highest BCUT2D eigenvalue weighted by atomic mass is 16.5. The zero-order valence-corrected chi connectivity index (χ0v) is 16.9. The number of amides is 2. The van der Waals surface area contributed by atoms with Crippen molar-refractivity contribution in [2.24, 2.45) is 11.8 Å². The third kappa shape index (κ3) is 6.91. The van der Waals surface area contributed by atoms with E-state index in [9.17, 15) is 9.59 Å². The Morgan fingerprint density at radius 3 is 2.57 bits per heavy atom. The van der Waals surface area contributed by atoms with Gasteiger partial charge in [0.25, 0.3) is 0 Å². The molecule has 28 heavy (non-hydrogen) atoms. The summed E-state index contributed by atoms with van der Waals surface area (Å²) in [4.78, 5) is 26.7. The molecule has 0 radical (unpaired) electrons. The number of rotatable bonds is 10. The Labute approximate surface area is 168 Å². The van der Waals surface area contributed by atoms with Gasteiger partial charge in [-0.2, -0.15) is 0 Å². The average molecular weight is 388 g/mol. The van der Waals surface area contributed by atoms with Crippen molar-refractivity contribution in [1.29, 1.82) is 0 Å². The van der Waals surface area contributed by atoms with E-state index in [1.54, 1.807) is 0 Å². The van der Waals surface area contributed by atoms with E-state index in [1.165, 1.54) is 12.8 Å². The lowest BCUT2D eigenvalue weighted by Gasteiger charge is -2.31. The summed E-state index contributed by atoms with van der Waals surface area (Å²) in [5.41, 5.74) is 2.21. The maximum absolute atomic E-state index is 12.3. The van der Waals surface area contributed by atoms with E-state index in [-0.39, 0.29) is 17.7 Å². The number of ether oxygens (including phenoxy) is 1. The fourth-order valence-corrected chi connectivity index (χ4v) is 3.56. The number of carbonyl (C=O) groups is 2. The third-order valence-corrected chi connectivity index (χ3v) is 5.49. The van der Waals surface area contributed by atoms with Gasteiger partial charge in [0.2, 0.25) is 11.8 Å². The molecule has 3 rings (SSSR count). The molecule has 0 bridgehead atoms. The molecule has 1 saturated heterocycles. The van der Waals surface area contributed by atoms with Gasteiger partial charge in [0.1, 0.15) is 0 Å². The number of benzene rings is 1. The van der Waals surface area contributed by atoms with Gasteiger partial charge < -0.3 is 15.4 Å². The van der Waals surface area contributed by atoms with Crippen molar-refractivity contribution >= 4 is 11.8 Å². The highest BCUT2D eigenvalue weighted by Gasteiger charge is 2.28. The van der Waals surface area contributed by atoms with Gasteiger partial charge in [-0.1, -0.05) is 24.3 Å². The van der Waals surface area contributed by atoms with E-state index in [2.05, 4.69) is 15.5 Å². The van der Waals surface area contributed by atoms with Crippen LogP contribution in [0.15, 0.2) is 24.3 Å². The number of likely N-dealkylation sites (tertiary alicyclic amines) is 1. The van der Waals surface area contributed by atoms with Gasteiger partial charge in [-0.25, -0.2) is 0 Å². The Hall–Kier alpha value is -1.92. The predicted molar refractivity (Wildman–Crippen MR) is 109 cm³/mol. The molecule has 1 aliphatic carbocycles. The van der Waals surface area contributed by atoms with Crippen molar-refractivity contribution in [3.05, 3.63) is 35.4 Å². The molecule has 6 nitrogen and oxygen atoms in total. The van der Waals surface area contributed by atoms with Crippen molar-refractivity contribution in [1.82, 2.24) is 15.5 Å². The molecule has 6 heteroatoms. The highest BCUT2D eigenvalue weighted by molar-refractivity contribution is 5.80. The lowest BCUT2D eigenvalue weighted by atomic mass is 9.97. The lowest BCUT2D eigenvalue weighted by Crippen LogP contribution is -2.46. The van der Waals surface area contributed by atoms with Crippen LogP contribution in [0.2, 0.25) is 0 Å². The highest BCUT2D eigenvalue weighted by Crippen LogP contribution is 2.27. The van der Waals surface area contributed by atoms with E-state index < -0.39 is 0 Å². The molecule has 1 aliphatic heterocycles. The molecule has 154 valence electrons. The molecule has 1 unspecified atom stereocenters. The zero-order chi connectivity index (χ0) is 19.8. The lowest BCUT2D eigenvalue weighted by molar-refractivity contribution is -0.129. The normalized spacial score (nSPS) is 20.0. The Bertz CT molecular complexity index is 643. The van der Waals surface area contributed by atoms with Gasteiger partial charge in [0, 0.05) is 26.2 Å². The van der Waals surface area contributed by atoms with Gasteiger partial charge in [-0.3, -0.25) is 14.5 Å². The molecule has 2 N–H and O–H groups in total. The van der Waals surface area contributed by atoms with Crippen LogP contribution in [0.5, 0.6) is 0 Å². The van der Waals surface area contributed by atoms with Crippen LogP contribution >= 0.6 is 0 Å². The van der Waals surface area contributed by atoms with Gasteiger partial charge in [-0.15, -0.1) is 0 Å². The van der Waals surface area contributed by atoms with E-state index in [1.807, 2.05) is 31.2 Å². The molecule has 1 aromatic rings. The van der Waals surface area contributed by atoms with Crippen LogP contribution in [0.1, 0.15) is 43.7 Å². The molecule has 1 atom stereocenters. The maximum atomic E-state index is 12.3. The Morgan fingerprint density at radius 1 is 1.11 bits per heavy atom. The predicted octanol–water partition coefficient (Wildman–Crippen LogP) is 2.08. The first kappa shape index (κ1) is 20.8. The molecule has 1 saturated carbocycles. The largest absolute Gasteiger partial charge is 0.377 e. The minimum atomic E-state index is 0.0115. The van der Waals surface area contributed by atoms with Crippen molar-refractivity contribution < 1.29 is 14.3 Å². The molecule has 1 aromatic carbocycles. The van der Waals surface area contributed by atoms with Crippen LogP contribution in [0, 0.1) is 11.8 Å². The number of nitrogens with zero attached hydrogens (tertiary/aromatic N) is 1. The summed E-state index contributed by atoms with van der Waals surface area (Å²) in [6.07, 6.45) is 4.37. The van der Waals surface area contributed by atoms with Crippen molar-refractivity contribution in [3.8, 4) is 0 Å². The smallest absolute Gasteiger partial charge is 0.234 e.